The Morgan fingerprint density at radius 3 is 2.50 bits per heavy atom. The molecule has 0 aromatic heterocycles. The van der Waals surface area contributed by atoms with E-state index in [-0.39, 0.29) is 30.1 Å². The van der Waals surface area contributed by atoms with Gasteiger partial charge in [0.15, 0.2) is 0 Å². The molecule has 1 N–H and O–H groups in total. The molecule has 2 aromatic carbocycles. The molecule has 2 aliphatic rings. The number of anilines is 1. The molecule has 1 aliphatic carbocycles. The Kier molecular flexibility index (Phi) is 5.66. The predicted octanol–water partition coefficient (Wildman–Crippen LogP) is 5.01. The van der Waals surface area contributed by atoms with Gasteiger partial charge in [-0.1, -0.05) is 62.7 Å². The summed E-state index contributed by atoms with van der Waals surface area (Å²) < 4.78 is 0. The second-order valence-corrected chi connectivity index (χ2v) is 10.2. The molecule has 2 bridgehead atoms. The molecular formula is C26H29ClN2O3. The number of aryl methyl sites for hydroxylation is 1. The van der Waals surface area contributed by atoms with Gasteiger partial charge in [0.2, 0.25) is 17.7 Å². The third-order valence-corrected chi connectivity index (χ3v) is 8.02. The first-order chi connectivity index (χ1) is 15.1. The van der Waals surface area contributed by atoms with Crippen LogP contribution in [0.1, 0.15) is 44.7 Å². The quantitative estimate of drug-likeness (QED) is 0.648. The largest absolute Gasteiger partial charge is 0.324 e. The van der Waals surface area contributed by atoms with E-state index in [9.17, 15) is 14.4 Å². The van der Waals surface area contributed by atoms with Crippen LogP contribution in [0.25, 0.3) is 0 Å². The first kappa shape index (κ1) is 22.5. The molecule has 3 amide bonds. The SMILES string of the molecule is Cc1cc(Cl)ccc1NC(=O)C(Cc1ccccc1)N1C(=O)C2CCC(C)(C1=O)C2(C)C. The van der Waals surface area contributed by atoms with Crippen LogP contribution < -0.4 is 5.32 Å². The van der Waals surface area contributed by atoms with Crippen molar-refractivity contribution >= 4 is 35.0 Å². The highest BCUT2D eigenvalue weighted by Gasteiger charge is 2.65. The molecule has 0 radical (unpaired) electrons. The summed E-state index contributed by atoms with van der Waals surface area (Å²) in [6, 6.07) is 13.8. The molecule has 1 saturated carbocycles. The van der Waals surface area contributed by atoms with Gasteiger partial charge in [0, 0.05) is 23.0 Å². The van der Waals surface area contributed by atoms with Gasteiger partial charge in [0.25, 0.3) is 0 Å². The highest BCUT2D eigenvalue weighted by Crippen LogP contribution is 2.60. The topological polar surface area (TPSA) is 66.5 Å². The van der Waals surface area contributed by atoms with Crippen LogP contribution in [-0.4, -0.2) is 28.7 Å². The number of nitrogens with zero attached hydrogens (tertiary/aromatic N) is 1. The zero-order valence-corrected chi connectivity index (χ0v) is 19.7. The van der Waals surface area contributed by atoms with E-state index in [1.807, 2.05) is 58.0 Å². The average molecular weight is 453 g/mol. The van der Waals surface area contributed by atoms with Gasteiger partial charge in [0.1, 0.15) is 6.04 Å². The van der Waals surface area contributed by atoms with Crippen LogP contribution in [0.4, 0.5) is 5.69 Å². The van der Waals surface area contributed by atoms with E-state index < -0.39 is 16.9 Å². The van der Waals surface area contributed by atoms with Crippen LogP contribution >= 0.6 is 11.6 Å². The monoisotopic (exact) mass is 452 g/mol. The fourth-order valence-electron chi connectivity index (χ4n) is 5.27. The fraction of sp³-hybridized carbons (Fsp3) is 0.423. The van der Waals surface area contributed by atoms with E-state index in [0.717, 1.165) is 11.1 Å². The predicted molar refractivity (Wildman–Crippen MR) is 125 cm³/mol. The second-order valence-electron chi connectivity index (χ2n) is 9.81. The standard InChI is InChI=1S/C26H29ClN2O3/c1-16-14-18(27)10-11-20(16)28-22(30)21(15-17-8-6-5-7-9-17)29-23(31)19-12-13-26(4,24(29)32)25(19,2)3/h5-11,14,19,21H,12-13,15H2,1-4H3,(H,28,30). The maximum atomic E-state index is 13.7. The maximum absolute atomic E-state index is 13.7. The van der Waals surface area contributed by atoms with Gasteiger partial charge in [-0.3, -0.25) is 19.3 Å². The Hall–Kier alpha value is -2.66. The Balaban J connectivity index is 1.72. The van der Waals surface area contributed by atoms with Crippen molar-refractivity contribution in [2.24, 2.45) is 16.7 Å². The van der Waals surface area contributed by atoms with Crippen molar-refractivity contribution in [3.05, 3.63) is 64.7 Å². The number of nitrogens with one attached hydrogen (secondary N) is 1. The molecule has 4 rings (SSSR count). The molecule has 32 heavy (non-hydrogen) atoms. The lowest BCUT2D eigenvalue weighted by molar-refractivity contribution is -0.172. The Morgan fingerprint density at radius 2 is 1.84 bits per heavy atom. The zero-order valence-electron chi connectivity index (χ0n) is 18.9. The number of rotatable bonds is 5. The summed E-state index contributed by atoms with van der Waals surface area (Å²) in [5.41, 5.74) is 1.22. The third kappa shape index (κ3) is 3.53. The smallest absolute Gasteiger partial charge is 0.248 e. The average Bonchev–Trinajstić information content (AvgIpc) is 2.93. The molecular weight excluding hydrogens is 424 g/mol. The number of hydrogen-bond acceptors (Lipinski definition) is 3. The fourth-order valence-corrected chi connectivity index (χ4v) is 5.49. The number of carbonyl (C=O) groups is 3. The van der Waals surface area contributed by atoms with Gasteiger partial charge in [-0.25, -0.2) is 0 Å². The zero-order chi connectivity index (χ0) is 23.3. The van der Waals surface area contributed by atoms with Crippen molar-refractivity contribution < 1.29 is 14.4 Å². The van der Waals surface area contributed by atoms with Gasteiger partial charge in [-0.05, 0) is 54.5 Å². The Morgan fingerprint density at radius 1 is 1.16 bits per heavy atom. The van der Waals surface area contributed by atoms with E-state index in [4.69, 9.17) is 11.6 Å². The van der Waals surface area contributed by atoms with Gasteiger partial charge in [-0.15, -0.1) is 0 Å². The minimum atomic E-state index is -0.927. The number of hydrogen-bond donors (Lipinski definition) is 1. The van der Waals surface area contributed by atoms with E-state index in [2.05, 4.69) is 5.32 Å². The van der Waals surface area contributed by atoms with E-state index >= 15 is 0 Å². The van der Waals surface area contributed by atoms with Gasteiger partial charge >= 0.3 is 0 Å². The lowest BCUT2D eigenvalue weighted by Crippen LogP contribution is -2.64. The number of halogens is 1. The van der Waals surface area contributed by atoms with Crippen molar-refractivity contribution in [1.82, 2.24) is 4.90 Å². The minimum absolute atomic E-state index is 0.237. The lowest BCUT2D eigenvalue weighted by Gasteiger charge is -2.49. The molecule has 0 spiro atoms. The van der Waals surface area contributed by atoms with Gasteiger partial charge < -0.3 is 5.32 Å². The molecule has 3 atom stereocenters. The molecule has 168 valence electrons. The number of likely N-dealkylation sites (tertiary alicyclic amines) is 1. The third-order valence-electron chi connectivity index (χ3n) is 7.79. The van der Waals surface area contributed by atoms with Crippen LogP contribution in [0.5, 0.6) is 0 Å². The lowest BCUT2D eigenvalue weighted by atomic mass is 9.62. The number of carbonyl (C=O) groups excluding carboxylic acids is 3. The van der Waals surface area contributed by atoms with E-state index in [0.29, 0.717) is 23.6 Å². The van der Waals surface area contributed by atoms with Gasteiger partial charge in [0.05, 0.1) is 5.41 Å². The van der Waals surface area contributed by atoms with Crippen molar-refractivity contribution in [1.29, 1.82) is 0 Å². The molecule has 5 nitrogen and oxygen atoms in total. The summed E-state index contributed by atoms with van der Waals surface area (Å²) in [5.74, 6) is -1.12. The van der Waals surface area contributed by atoms with Crippen LogP contribution in [0, 0.1) is 23.7 Å². The molecule has 2 aromatic rings. The van der Waals surface area contributed by atoms with Crippen LogP contribution in [0.2, 0.25) is 5.02 Å². The summed E-state index contributed by atoms with van der Waals surface area (Å²) in [6.07, 6.45) is 1.59. The summed E-state index contributed by atoms with van der Waals surface area (Å²) in [6.45, 7) is 7.80. The van der Waals surface area contributed by atoms with E-state index in [1.165, 1.54) is 4.90 Å². The van der Waals surface area contributed by atoms with E-state index in [1.54, 1.807) is 18.2 Å². The first-order valence-corrected chi connectivity index (χ1v) is 11.4. The van der Waals surface area contributed by atoms with Crippen LogP contribution in [0.3, 0.4) is 0 Å². The molecule has 2 fully saturated rings. The van der Waals surface area contributed by atoms with Crippen molar-refractivity contribution in [3.63, 3.8) is 0 Å². The molecule has 1 heterocycles. The number of imide groups is 1. The van der Waals surface area contributed by atoms with Crippen molar-refractivity contribution in [2.45, 2.75) is 53.0 Å². The molecule has 6 heteroatoms. The van der Waals surface area contributed by atoms with Crippen LogP contribution in [0.15, 0.2) is 48.5 Å². The molecule has 1 aliphatic heterocycles. The summed E-state index contributed by atoms with van der Waals surface area (Å²) in [4.78, 5) is 42.1. The minimum Gasteiger partial charge on any atom is -0.324 e. The maximum Gasteiger partial charge on any atom is 0.248 e. The van der Waals surface area contributed by atoms with Crippen LogP contribution in [-0.2, 0) is 20.8 Å². The summed E-state index contributed by atoms with van der Waals surface area (Å²) in [5, 5.41) is 3.51. The summed E-state index contributed by atoms with van der Waals surface area (Å²) >= 11 is 6.05. The second kappa shape index (κ2) is 8.04. The number of benzene rings is 2. The molecule has 3 unspecified atom stereocenters. The highest BCUT2D eigenvalue weighted by atomic mass is 35.5. The number of piperidine rings is 1. The Bertz CT molecular complexity index is 1080. The van der Waals surface area contributed by atoms with Crippen molar-refractivity contribution in [3.8, 4) is 0 Å². The first-order valence-electron chi connectivity index (χ1n) is 11.0. The van der Waals surface area contributed by atoms with Gasteiger partial charge in [-0.2, -0.15) is 0 Å². The normalized spacial score (nSPS) is 25.0. The number of fused-ring (bicyclic) bond motifs is 2. The van der Waals surface area contributed by atoms with Crippen molar-refractivity contribution in [2.75, 3.05) is 5.32 Å². The highest BCUT2D eigenvalue weighted by molar-refractivity contribution is 6.30. The number of amides is 3. The Labute approximate surface area is 194 Å². The molecule has 1 saturated heterocycles. The summed E-state index contributed by atoms with van der Waals surface area (Å²) in [7, 11) is 0.